The van der Waals surface area contributed by atoms with E-state index < -0.39 is 5.41 Å². The average Bonchev–Trinajstić information content (AvgIpc) is 2.77. The van der Waals surface area contributed by atoms with Crippen LogP contribution in [0, 0.1) is 23.2 Å². The van der Waals surface area contributed by atoms with Gasteiger partial charge in [0.2, 0.25) is 5.91 Å². The molecule has 1 unspecified atom stereocenters. The summed E-state index contributed by atoms with van der Waals surface area (Å²) in [5.41, 5.74) is 2.08. The van der Waals surface area contributed by atoms with E-state index in [9.17, 15) is 9.59 Å². The molecule has 1 aromatic rings. The molecule has 2 amide bonds. The van der Waals surface area contributed by atoms with Crippen molar-refractivity contribution in [1.29, 1.82) is 0 Å². The fourth-order valence-corrected chi connectivity index (χ4v) is 3.92. The molecule has 0 spiro atoms. The molecule has 5 nitrogen and oxygen atoms in total. The monoisotopic (exact) mass is 394 g/mol. The van der Waals surface area contributed by atoms with E-state index in [1.165, 1.54) is 18.4 Å². The minimum atomic E-state index is -0.599. The zero-order valence-electron chi connectivity index (χ0n) is 17.3. The summed E-state index contributed by atoms with van der Waals surface area (Å²) in [5, 5.41) is 5.66. The van der Waals surface area contributed by atoms with E-state index in [2.05, 4.69) is 35.5 Å². The molecular weight excluding hydrogens is 364 g/mol. The van der Waals surface area contributed by atoms with E-state index in [-0.39, 0.29) is 11.8 Å². The molecule has 0 saturated carbocycles. The second-order valence-electron chi connectivity index (χ2n) is 7.97. The van der Waals surface area contributed by atoms with Crippen molar-refractivity contribution >= 4 is 11.8 Å². The van der Waals surface area contributed by atoms with Crippen molar-refractivity contribution in [3.8, 4) is 11.8 Å². The Kier molecular flexibility index (Phi) is 7.11. The van der Waals surface area contributed by atoms with Crippen molar-refractivity contribution in [2.45, 2.75) is 39.0 Å². The third-order valence-electron chi connectivity index (χ3n) is 5.98. The van der Waals surface area contributed by atoms with Crippen LogP contribution in [0.15, 0.2) is 35.9 Å². The van der Waals surface area contributed by atoms with E-state index in [4.69, 9.17) is 4.74 Å². The van der Waals surface area contributed by atoms with Gasteiger partial charge in [0.15, 0.2) is 0 Å². The molecule has 1 heterocycles. The highest BCUT2D eigenvalue weighted by molar-refractivity contribution is 5.95. The van der Waals surface area contributed by atoms with Gasteiger partial charge >= 0.3 is 0 Å². The third-order valence-corrected chi connectivity index (χ3v) is 5.98. The quantitative estimate of drug-likeness (QED) is 0.772. The third kappa shape index (κ3) is 5.27. The number of carbonyl (C=O) groups is 2. The number of rotatable bonds is 4. The molecule has 1 fully saturated rings. The first-order chi connectivity index (χ1) is 14.0. The van der Waals surface area contributed by atoms with Gasteiger partial charge in [0.05, 0.1) is 5.41 Å². The van der Waals surface area contributed by atoms with Crippen LogP contribution in [0.1, 0.15) is 54.9 Å². The van der Waals surface area contributed by atoms with Crippen LogP contribution < -0.4 is 10.6 Å². The summed E-state index contributed by atoms with van der Waals surface area (Å²) >= 11 is 0. The Morgan fingerprint density at radius 2 is 1.90 bits per heavy atom. The maximum Gasteiger partial charge on any atom is 0.251 e. The molecule has 1 saturated heterocycles. The maximum atomic E-state index is 12.6. The van der Waals surface area contributed by atoms with Crippen molar-refractivity contribution in [2.24, 2.45) is 11.3 Å². The van der Waals surface area contributed by atoms with Gasteiger partial charge in [0, 0.05) is 43.5 Å². The van der Waals surface area contributed by atoms with E-state index in [0.29, 0.717) is 44.1 Å². The van der Waals surface area contributed by atoms with Crippen LogP contribution in [-0.4, -0.2) is 38.6 Å². The zero-order chi connectivity index (χ0) is 20.7. The van der Waals surface area contributed by atoms with Gasteiger partial charge in [-0.2, -0.15) is 0 Å². The minimum Gasteiger partial charge on any atom is -0.381 e. The molecule has 154 valence electrons. The van der Waals surface area contributed by atoms with E-state index in [1.54, 1.807) is 19.2 Å². The number of carbonyl (C=O) groups excluding carboxylic acids is 2. The number of allylic oxidation sites excluding steroid dienone is 2. The first kappa shape index (κ1) is 21.1. The fourth-order valence-electron chi connectivity index (χ4n) is 3.92. The molecule has 2 aliphatic rings. The second-order valence-corrected chi connectivity index (χ2v) is 7.97. The van der Waals surface area contributed by atoms with Crippen LogP contribution in [0.5, 0.6) is 0 Å². The predicted octanol–water partition coefficient (Wildman–Crippen LogP) is 3.06. The van der Waals surface area contributed by atoms with Gasteiger partial charge in [0.25, 0.3) is 5.91 Å². The highest BCUT2D eigenvalue weighted by atomic mass is 16.5. The lowest BCUT2D eigenvalue weighted by Gasteiger charge is -2.35. The normalized spacial score (nSPS) is 20.6. The van der Waals surface area contributed by atoms with Crippen LogP contribution in [0.2, 0.25) is 0 Å². The summed E-state index contributed by atoms with van der Waals surface area (Å²) in [4.78, 5) is 25.0. The SMILES string of the molecule is CNC(=O)C1(CNC(=O)c2ccc(C#CC3=CCCCC3C)cc2)CCOCC1. The van der Waals surface area contributed by atoms with Crippen molar-refractivity contribution < 1.29 is 14.3 Å². The van der Waals surface area contributed by atoms with Gasteiger partial charge in [0.1, 0.15) is 0 Å². The Bertz CT molecular complexity index is 824. The molecule has 1 atom stereocenters. The maximum absolute atomic E-state index is 12.6. The minimum absolute atomic E-state index is 0.0435. The Hall–Kier alpha value is -2.58. The molecule has 0 radical (unpaired) electrons. The van der Waals surface area contributed by atoms with E-state index in [0.717, 1.165) is 12.0 Å². The van der Waals surface area contributed by atoms with Crippen molar-refractivity contribution in [3.05, 3.63) is 47.0 Å². The van der Waals surface area contributed by atoms with Crippen molar-refractivity contribution in [2.75, 3.05) is 26.8 Å². The molecule has 5 heteroatoms. The second kappa shape index (κ2) is 9.76. The molecule has 1 aromatic carbocycles. The molecule has 0 bridgehead atoms. The van der Waals surface area contributed by atoms with Gasteiger partial charge in [-0.25, -0.2) is 0 Å². The van der Waals surface area contributed by atoms with Crippen LogP contribution >= 0.6 is 0 Å². The number of amides is 2. The van der Waals surface area contributed by atoms with E-state index in [1.807, 2.05) is 12.1 Å². The molecule has 0 aromatic heterocycles. The lowest BCUT2D eigenvalue weighted by Crippen LogP contribution is -2.50. The number of nitrogens with one attached hydrogen (secondary N) is 2. The average molecular weight is 395 g/mol. The summed E-state index contributed by atoms with van der Waals surface area (Å²) in [6, 6.07) is 7.32. The number of ether oxygens (including phenoxy) is 1. The fraction of sp³-hybridized carbons (Fsp3) is 0.500. The lowest BCUT2D eigenvalue weighted by molar-refractivity contribution is -0.135. The molecule has 3 rings (SSSR count). The summed E-state index contributed by atoms with van der Waals surface area (Å²) in [5.74, 6) is 6.79. The summed E-state index contributed by atoms with van der Waals surface area (Å²) < 4.78 is 5.39. The van der Waals surface area contributed by atoms with Crippen LogP contribution in [-0.2, 0) is 9.53 Å². The van der Waals surface area contributed by atoms with E-state index >= 15 is 0 Å². The van der Waals surface area contributed by atoms with Gasteiger partial charge in [-0.3, -0.25) is 9.59 Å². The number of benzene rings is 1. The smallest absolute Gasteiger partial charge is 0.251 e. The number of hydrogen-bond donors (Lipinski definition) is 2. The lowest BCUT2D eigenvalue weighted by atomic mass is 9.79. The molecule has 1 aliphatic carbocycles. The van der Waals surface area contributed by atoms with Gasteiger partial charge in [-0.1, -0.05) is 24.8 Å². The standard InChI is InChI=1S/C24H30N2O3/c1-18-5-3-4-6-20(18)10-7-19-8-11-21(12-9-19)22(27)26-17-24(23(28)25-2)13-15-29-16-14-24/h6,8-9,11-12,18H,3-5,13-17H2,1-2H3,(H,25,28)(H,26,27). The van der Waals surface area contributed by atoms with Gasteiger partial charge in [-0.05, 0) is 62.3 Å². The summed E-state index contributed by atoms with van der Waals surface area (Å²) in [6.45, 7) is 3.59. The summed E-state index contributed by atoms with van der Waals surface area (Å²) in [7, 11) is 1.63. The number of hydrogen-bond acceptors (Lipinski definition) is 3. The van der Waals surface area contributed by atoms with Crippen LogP contribution in [0.3, 0.4) is 0 Å². The van der Waals surface area contributed by atoms with Crippen LogP contribution in [0.25, 0.3) is 0 Å². The topological polar surface area (TPSA) is 67.4 Å². The van der Waals surface area contributed by atoms with Gasteiger partial charge in [-0.15, -0.1) is 0 Å². The molecule has 2 N–H and O–H groups in total. The Morgan fingerprint density at radius 1 is 1.17 bits per heavy atom. The molecule has 1 aliphatic heterocycles. The zero-order valence-corrected chi connectivity index (χ0v) is 17.3. The first-order valence-electron chi connectivity index (χ1n) is 10.4. The largest absolute Gasteiger partial charge is 0.381 e. The van der Waals surface area contributed by atoms with Crippen molar-refractivity contribution in [1.82, 2.24) is 10.6 Å². The Balaban J connectivity index is 1.62. The first-order valence-corrected chi connectivity index (χ1v) is 10.4. The van der Waals surface area contributed by atoms with Gasteiger partial charge < -0.3 is 15.4 Å². The predicted molar refractivity (Wildman–Crippen MR) is 113 cm³/mol. The Labute approximate surface area is 173 Å². The Morgan fingerprint density at radius 3 is 2.55 bits per heavy atom. The highest BCUT2D eigenvalue weighted by Crippen LogP contribution is 2.30. The van der Waals surface area contributed by atoms with Crippen molar-refractivity contribution in [3.63, 3.8) is 0 Å². The van der Waals surface area contributed by atoms with Crippen LogP contribution in [0.4, 0.5) is 0 Å². The highest BCUT2D eigenvalue weighted by Gasteiger charge is 2.39. The summed E-state index contributed by atoms with van der Waals surface area (Å²) in [6.07, 6.45) is 7.00. The molecule has 29 heavy (non-hydrogen) atoms. The molecular formula is C24H30N2O3.